The van der Waals surface area contributed by atoms with E-state index < -0.39 is 6.10 Å². The third-order valence-corrected chi connectivity index (χ3v) is 6.43. The number of benzene rings is 3. The lowest BCUT2D eigenvalue weighted by molar-refractivity contribution is -0.144. The van der Waals surface area contributed by atoms with Crippen LogP contribution in [-0.4, -0.2) is 18.7 Å². The van der Waals surface area contributed by atoms with Crippen LogP contribution < -0.4 is 4.74 Å². The van der Waals surface area contributed by atoms with Gasteiger partial charge in [0, 0.05) is 21.7 Å². The highest BCUT2D eigenvalue weighted by Crippen LogP contribution is 2.40. The predicted molar refractivity (Wildman–Crippen MR) is 137 cm³/mol. The van der Waals surface area contributed by atoms with Gasteiger partial charge in [-0.3, -0.25) is 0 Å². The fourth-order valence-electron chi connectivity index (χ4n) is 4.16. The molecule has 0 saturated heterocycles. The molecule has 1 heterocycles. The molecule has 2 aliphatic rings. The minimum atomic E-state index is -0.541. The lowest BCUT2D eigenvalue weighted by Gasteiger charge is -2.36. The smallest absolute Gasteiger partial charge is 0.332 e. The molecule has 2 unspecified atom stereocenters. The number of esters is 1. The monoisotopic (exact) mass is 504 g/mol. The molecule has 0 radical (unpaired) electrons. The molecule has 1 aliphatic carbocycles. The van der Waals surface area contributed by atoms with Crippen molar-refractivity contribution in [1.82, 2.24) is 0 Å². The summed E-state index contributed by atoms with van der Waals surface area (Å²) in [6.45, 7) is 0.608. The number of hydrogen-bond acceptors (Lipinski definition) is 4. The lowest BCUT2D eigenvalue weighted by atomic mass is 9.82. The maximum atomic E-state index is 12.6. The van der Waals surface area contributed by atoms with Crippen LogP contribution in [0.15, 0.2) is 108 Å². The largest absolute Gasteiger partial charge is 0.493 e. The van der Waals surface area contributed by atoms with Crippen LogP contribution in [0.3, 0.4) is 0 Å². The van der Waals surface area contributed by atoms with Crippen LogP contribution in [0.2, 0.25) is 10.0 Å². The first-order valence-corrected chi connectivity index (χ1v) is 12.0. The summed E-state index contributed by atoms with van der Waals surface area (Å²) in [6.07, 6.45) is 4.90. The summed E-state index contributed by atoms with van der Waals surface area (Å²) in [5, 5.41) is 1.30. The van der Waals surface area contributed by atoms with Gasteiger partial charge < -0.3 is 14.2 Å². The standard InChI is InChI=1S/C29H22Cl2O4/c30-21-8-6-19(7-9-21)17-34-27-15-14-24-25(20-4-2-1-3-5-20)16-28(32)35-29(24)26(27)18-33-23-12-10-22(31)11-13-23/h1-16,26,29H,17-18H2. The Hall–Kier alpha value is -3.47. The average molecular weight is 505 g/mol. The highest BCUT2D eigenvalue weighted by Gasteiger charge is 2.39. The zero-order chi connectivity index (χ0) is 24.2. The van der Waals surface area contributed by atoms with Crippen molar-refractivity contribution in [3.05, 3.63) is 130 Å². The molecule has 0 saturated carbocycles. The van der Waals surface area contributed by atoms with Gasteiger partial charge in [-0.15, -0.1) is 0 Å². The average Bonchev–Trinajstić information content (AvgIpc) is 2.88. The fourth-order valence-corrected chi connectivity index (χ4v) is 4.41. The Bertz CT molecular complexity index is 1290. The molecule has 1 aliphatic heterocycles. The quantitative estimate of drug-likeness (QED) is 0.323. The molecule has 0 spiro atoms. The fraction of sp³-hybridized carbons (Fsp3) is 0.138. The van der Waals surface area contributed by atoms with Gasteiger partial charge in [0.1, 0.15) is 30.8 Å². The summed E-state index contributed by atoms with van der Waals surface area (Å²) in [7, 11) is 0. The number of ether oxygens (including phenoxy) is 3. The van der Waals surface area contributed by atoms with Gasteiger partial charge in [0.25, 0.3) is 0 Å². The van der Waals surface area contributed by atoms with Gasteiger partial charge in [0.15, 0.2) is 0 Å². The van der Waals surface area contributed by atoms with Crippen LogP contribution in [-0.2, 0) is 20.9 Å². The summed E-state index contributed by atoms with van der Waals surface area (Å²) in [4.78, 5) is 12.6. The number of fused-ring (bicyclic) bond motifs is 1. The highest BCUT2D eigenvalue weighted by atomic mass is 35.5. The molecular weight excluding hydrogens is 483 g/mol. The van der Waals surface area contributed by atoms with E-state index in [2.05, 4.69) is 0 Å². The van der Waals surface area contributed by atoms with Crippen LogP contribution in [0.4, 0.5) is 0 Å². The molecular formula is C29H22Cl2O4. The van der Waals surface area contributed by atoms with Crippen molar-refractivity contribution in [2.45, 2.75) is 12.7 Å². The lowest BCUT2D eigenvalue weighted by Crippen LogP contribution is -2.38. The number of carbonyl (C=O) groups excluding carboxylic acids is 1. The van der Waals surface area contributed by atoms with Crippen LogP contribution in [0.5, 0.6) is 5.75 Å². The molecule has 3 aromatic rings. The third kappa shape index (κ3) is 5.45. The van der Waals surface area contributed by atoms with Gasteiger partial charge in [0.05, 0.1) is 5.92 Å². The normalized spacial score (nSPS) is 19.0. The zero-order valence-electron chi connectivity index (χ0n) is 18.7. The predicted octanol–water partition coefficient (Wildman–Crippen LogP) is 7.04. The number of halogens is 2. The number of hydrogen-bond donors (Lipinski definition) is 0. The number of rotatable bonds is 7. The van der Waals surface area contributed by atoms with Crippen molar-refractivity contribution in [3.63, 3.8) is 0 Å². The van der Waals surface area contributed by atoms with Crippen molar-refractivity contribution in [2.75, 3.05) is 6.61 Å². The molecule has 0 amide bonds. The van der Waals surface area contributed by atoms with Gasteiger partial charge in [-0.05, 0) is 59.2 Å². The Morgan fingerprint density at radius 3 is 2.20 bits per heavy atom. The molecule has 6 heteroatoms. The highest BCUT2D eigenvalue weighted by molar-refractivity contribution is 6.30. The Kier molecular flexibility index (Phi) is 6.94. The first-order valence-electron chi connectivity index (χ1n) is 11.2. The second kappa shape index (κ2) is 10.4. The molecule has 0 bridgehead atoms. The van der Waals surface area contributed by atoms with Gasteiger partial charge in [-0.1, -0.05) is 71.7 Å². The second-order valence-electron chi connectivity index (χ2n) is 8.26. The van der Waals surface area contributed by atoms with Crippen molar-refractivity contribution < 1.29 is 19.0 Å². The van der Waals surface area contributed by atoms with E-state index in [1.165, 1.54) is 0 Å². The third-order valence-electron chi connectivity index (χ3n) is 5.93. The SMILES string of the molecule is O=C1C=C(c2ccccc2)C2=CC=C(OCc3ccc(Cl)cc3)C(COc3ccc(Cl)cc3)C2O1. The molecule has 4 nitrogen and oxygen atoms in total. The van der Waals surface area contributed by atoms with Gasteiger partial charge >= 0.3 is 5.97 Å². The molecule has 2 atom stereocenters. The van der Waals surface area contributed by atoms with E-state index in [4.69, 9.17) is 37.4 Å². The molecule has 3 aromatic carbocycles. The van der Waals surface area contributed by atoms with Crippen LogP contribution in [0.1, 0.15) is 11.1 Å². The van der Waals surface area contributed by atoms with Gasteiger partial charge in [-0.25, -0.2) is 4.79 Å². The van der Waals surface area contributed by atoms with Crippen LogP contribution in [0, 0.1) is 5.92 Å². The minimum absolute atomic E-state index is 0.255. The van der Waals surface area contributed by atoms with Crippen molar-refractivity contribution in [2.24, 2.45) is 5.92 Å². The Morgan fingerprint density at radius 2 is 1.49 bits per heavy atom. The van der Waals surface area contributed by atoms with Crippen LogP contribution >= 0.6 is 23.2 Å². The van der Waals surface area contributed by atoms with E-state index in [0.717, 1.165) is 22.3 Å². The second-order valence-corrected chi connectivity index (χ2v) is 9.13. The van der Waals surface area contributed by atoms with E-state index in [0.29, 0.717) is 28.2 Å². The van der Waals surface area contributed by atoms with Gasteiger partial charge in [-0.2, -0.15) is 0 Å². The van der Waals surface area contributed by atoms with Crippen molar-refractivity contribution in [3.8, 4) is 5.75 Å². The summed E-state index contributed by atoms with van der Waals surface area (Å²) < 4.78 is 18.1. The van der Waals surface area contributed by atoms with Crippen LogP contribution in [0.25, 0.3) is 5.57 Å². The van der Waals surface area contributed by atoms with E-state index in [1.807, 2.05) is 78.9 Å². The zero-order valence-corrected chi connectivity index (χ0v) is 20.2. The summed E-state index contributed by atoms with van der Waals surface area (Å²) in [6, 6.07) is 24.5. The molecule has 0 fully saturated rings. The Balaban J connectivity index is 1.44. The van der Waals surface area contributed by atoms with E-state index in [1.54, 1.807) is 18.2 Å². The molecule has 35 heavy (non-hydrogen) atoms. The summed E-state index contributed by atoms with van der Waals surface area (Å²) >= 11 is 12.0. The Labute approximate surface area is 214 Å². The molecule has 176 valence electrons. The topological polar surface area (TPSA) is 44.8 Å². The van der Waals surface area contributed by atoms with E-state index in [-0.39, 0.29) is 18.5 Å². The maximum Gasteiger partial charge on any atom is 0.332 e. The van der Waals surface area contributed by atoms with E-state index in [9.17, 15) is 4.79 Å². The Morgan fingerprint density at radius 1 is 0.800 bits per heavy atom. The summed E-state index contributed by atoms with van der Waals surface area (Å²) in [5.41, 5.74) is 3.69. The first kappa shape index (κ1) is 23.3. The minimum Gasteiger partial charge on any atom is -0.493 e. The first-order chi connectivity index (χ1) is 17.1. The van der Waals surface area contributed by atoms with Crippen molar-refractivity contribution >= 4 is 34.7 Å². The number of carbonyl (C=O) groups is 1. The number of allylic oxidation sites excluding steroid dienone is 2. The van der Waals surface area contributed by atoms with E-state index >= 15 is 0 Å². The van der Waals surface area contributed by atoms with Gasteiger partial charge in [0.2, 0.25) is 0 Å². The summed E-state index contributed by atoms with van der Waals surface area (Å²) in [5.74, 6) is 0.629. The molecule has 0 aromatic heterocycles. The molecule has 5 rings (SSSR count). The van der Waals surface area contributed by atoms with Crippen molar-refractivity contribution in [1.29, 1.82) is 0 Å². The maximum absolute atomic E-state index is 12.6. The molecule has 0 N–H and O–H groups in total.